The van der Waals surface area contributed by atoms with E-state index in [1.165, 1.54) is 4.90 Å². The second-order valence-corrected chi connectivity index (χ2v) is 8.43. The molecule has 1 saturated heterocycles. The predicted octanol–water partition coefficient (Wildman–Crippen LogP) is -0.0139. The van der Waals surface area contributed by atoms with Crippen molar-refractivity contribution in [2.75, 3.05) is 25.1 Å². The van der Waals surface area contributed by atoms with E-state index < -0.39 is 35.9 Å². The maximum Gasteiger partial charge on any atom is 0.326 e. The fourth-order valence-electron chi connectivity index (χ4n) is 3.46. The lowest BCUT2D eigenvalue weighted by atomic mass is 10.1. The lowest BCUT2D eigenvalue weighted by molar-refractivity contribution is -0.142. The monoisotopic (exact) mass is 450 g/mol. The Hall–Kier alpha value is -2.59. The number of nitrogens with one attached hydrogen (secondary N) is 2. The fraction of sp³-hybridized carbons (Fsp3) is 0.524. The van der Waals surface area contributed by atoms with Crippen LogP contribution in [0.25, 0.3) is 0 Å². The Bertz CT molecular complexity index is 776. The summed E-state index contributed by atoms with van der Waals surface area (Å²) in [6.07, 6.45) is 3.78. The molecule has 3 atom stereocenters. The van der Waals surface area contributed by atoms with Crippen molar-refractivity contribution in [2.45, 2.75) is 43.8 Å². The van der Waals surface area contributed by atoms with E-state index in [4.69, 9.17) is 5.73 Å². The third kappa shape index (κ3) is 7.55. The Morgan fingerprint density at radius 3 is 2.61 bits per heavy atom. The van der Waals surface area contributed by atoms with Crippen LogP contribution in [0, 0.1) is 0 Å². The highest BCUT2D eigenvalue weighted by atomic mass is 32.2. The van der Waals surface area contributed by atoms with Crippen LogP contribution >= 0.6 is 11.8 Å². The van der Waals surface area contributed by atoms with Crippen molar-refractivity contribution in [1.29, 1.82) is 0 Å². The van der Waals surface area contributed by atoms with Gasteiger partial charge in [0.1, 0.15) is 12.1 Å². The molecule has 10 heteroatoms. The van der Waals surface area contributed by atoms with E-state index in [2.05, 4.69) is 10.6 Å². The average Bonchev–Trinajstić information content (AvgIpc) is 3.25. The van der Waals surface area contributed by atoms with E-state index in [1.807, 2.05) is 12.3 Å². The van der Waals surface area contributed by atoms with Crippen molar-refractivity contribution in [2.24, 2.45) is 5.73 Å². The zero-order chi connectivity index (χ0) is 22.8. The number of hydrogen-bond acceptors (Lipinski definition) is 6. The van der Waals surface area contributed by atoms with Crippen molar-refractivity contribution in [3.63, 3.8) is 0 Å². The number of carboxylic acids is 1. The second kappa shape index (κ2) is 12.3. The largest absolute Gasteiger partial charge is 0.480 e. The van der Waals surface area contributed by atoms with E-state index in [0.29, 0.717) is 25.8 Å². The Balaban J connectivity index is 1.86. The lowest BCUT2D eigenvalue weighted by Gasteiger charge is -2.26. The zero-order valence-corrected chi connectivity index (χ0v) is 18.4. The Morgan fingerprint density at radius 1 is 1.26 bits per heavy atom. The van der Waals surface area contributed by atoms with Crippen molar-refractivity contribution in [3.8, 4) is 0 Å². The maximum absolute atomic E-state index is 12.6. The summed E-state index contributed by atoms with van der Waals surface area (Å²) in [7, 11) is 0. The summed E-state index contributed by atoms with van der Waals surface area (Å²) in [4.78, 5) is 50.3. The van der Waals surface area contributed by atoms with Gasteiger partial charge in [0.05, 0.1) is 12.6 Å². The minimum atomic E-state index is -1.16. The van der Waals surface area contributed by atoms with Crippen molar-refractivity contribution < 1.29 is 24.3 Å². The molecule has 31 heavy (non-hydrogen) atoms. The number of rotatable bonds is 11. The van der Waals surface area contributed by atoms with Crippen molar-refractivity contribution >= 4 is 35.5 Å². The molecule has 1 fully saturated rings. The van der Waals surface area contributed by atoms with Gasteiger partial charge in [0.15, 0.2) is 0 Å². The first-order chi connectivity index (χ1) is 14.8. The van der Waals surface area contributed by atoms with Gasteiger partial charge in [-0.25, -0.2) is 4.79 Å². The lowest BCUT2D eigenvalue weighted by Crippen LogP contribution is -2.53. The highest BCUT2D eigenvalue weighted by Gasteiger charge is 2.36. The molecule has 1 aromatic carbocycles. The van der Waals surface area contributed by atoms with Gasteiger partial charge in [-0.2, -0.15) is 11.8 Å². The molecular weight excluding hydrogens is 420 g/mol. The number of thioether (sulfide) groups is 1. The Labute approximate surface area is 186 Å². The number of hydrogen-bond donors (Lipinski definition) is 4. The normalized spacial score (nSPS) is 17.6. The van der Waals surface area contributed by atoms with Crippen LogP contribution in [0.4, 0.5) is 0 Å². The van der Waals surface area contributed by atoms with Crippen LogP contribution in [0.1, 0.15) is 24.8 Å². The van der Waals surface area contributed by atoms with Crippen molar-refractivity contribution in [1.82, 2.24) is 15.5 Å². The van der Waals surface area contributed by atoms with Crippen LogP contribution in [0.5, 0.6) is 0 Å². The second-order valence-electron chi connectivity index (χ2n) is 7.44. The molecular formula is C21H30N4O5S. The van der Waals surface area contributed by atoms with Gasteiger partial charge in [0.25, 0.3) is 0 Å². The summed E-state index contributed by atoms with van der Waals surface area (Å²) < 4.78 is 0. The number of nitrogens with two attached hydrogens (primary N) is 1. The van der Waals surface area contributed by atoms with Crippen LogP contribution in [-0.4, -0.2) is 76.9 Å². The fourth-order valence-corrected chi connectivity index (χ4v) is 3.95. The summed E-state index contributed by atoms with van der Waals surface area (Å²) in [6, 6.07) is 6.53. The number of carboxylic acid groups (broad SMARTS) is 1. The first-order valence-electron chi connectivity index (χ1n) is 10.2. The Kier molecular flexibility index (Phi) is 9.80. The van der Waals surface area contributed by atoms with Gasteiger partial charge in [0.2, 0.25) is 17.7 Å². The van der Waals surface area contributed by atoms with Crippen LogP contribution in [0.3, 0.4) is 0 Å². The number of nitrogens with zero attached hydrogens (tertiary/aromatic N) is 1. The van der Waals surface area contributed by atoms with E-state index in [1.54, 1.807) is 36.0 Å². The SMILES string of the molecule is CSCCC(N)C(=O)N1CCCC1C(=O)NCC(=O)NC(Cc1ccccc1)C(=O)O. The smallest absolute Gasteiger partial charge is 0.326 e. The van der Waals surface area contributed by atoms with Gasteiger partial charge in [0, 0.05) is 13.0 Å². The van der Waals surface area contributed by atoms with Crippen LogP contribution in [-0.2, 0) is 25.6 Å². The molecule has 0 spiro atoms. The minimum Gasteiger partial charge on any atom is -0.480 e. The summed E-state index contributed by atoms with van der Waals surface area (Å²) in [5.74, 6) is -1.71. The van der Waals surface area contributed by atoms with Gasteiger partial charge in [-0.3, -0.25) is 14.4 Å². The van der Waals surface area contributed by atoms with E-state index in [-0.39, 0.29) is 18.9 Å². The number of amides is 3. The zero-order valence-electron chi connectivity index (χ0n) is 17.6. The third-order valence-electron chi connectivity index (χ3n) is 5.13. The molecule has 0 saturated carbocycles. The number of likely N-dealkylation sites (tertiary alicyclic amines) is 1. The molecule has 2 rings (SSSR count). The molecule has 1 heterocycles. The summed E-state index contributed by atoms with van der Waals surface area (Å²) >= 11 is 1.60. The highest BCUT2D eigenvalue weighted by molar-refractivity contribution is 7.98. The van der Waals surface area contributed by atoms with Crippen LogP contribution in [0.2, 0.25) is 0 Å². The molecule has 0 aromatic heterocycles. The summed E-state index contributed by atoms with van der Waals surface area (Å²) in [5, 5.41) is 14.3. The highest BCUT2D eigenvalue weighted by Crippen LogP contribution is 2.19. The molecule has 170 valence electrons. The predicted molar refractivity (Wildman–Crippen MR) is 118 cm³/mol. The van der Waals surface area contributed by atoms with Gasteiger partial charge in [-0.15, -0.1) is 0 Å². The van der Waals surface area contributed by atoms with Gasteiger partial charge >= 0.3 is 5.97 Å². The average molecular weight is 451 g/mol. The van der Waals surface area contributed by atoms with Crippen LogP contribution < -0.4 is 16.4 Å². The topological polar surface area (TPSA) is 142 Å². The molecule has 0 bridgehead atoms. The molecule has 9 nitrogen and oxygen atoms in total. The first-order valence-corrected chi connectivity index (χ1v) is 11.6. The first kappa shape index (κ1) is 24.7. The summed E-state index contributed by atoms with van der Waals surface area (Å²) in [5.41, 5.74) is 6.73. The standard InChI is InChI=1S/C21H30N4O5S/c1-31-11-9-15(22)20(28)25-10-5-8-17(25)19(27)23-13-18(26)24-16(21(29)30)12-14-6-3-2-4-7-14/h2-4,6-7,15-17H,5,8-13,22H2,1H3,(H,23,27)(H,24,26)(H,29,30). The number of benzene rings is 1. The minimum absolute atomic E-state index is 0.134. The molecule has 1 aliphatic rings. The number of carbonyl (C=O) groups excluding carboxylic acids is 3. The maximum atomic E-state index is 12.6. The molecule has 0 radical (unpaired) electrons. The number of aliphatic carboxylic acids is 1. The van der Waals surface area contributed by atoms with Crippen molar-refractivity contribution in [3.05, 3.63) is 35.9 Å². The summed E-state index contributed by atoms with van der Waals surface area (Å²) in [6.45, 7) is 0.0860. The molecule has 1 aromatic rings. The number of carbonyl (C=O) groups is 4. The quantitative estimate of drug-likeness (QED) is 0.371. The van der Waals surface area contributed by atoms with Gasteiger partial charge < -0.3 is 26.4 Å². The third-order valence-corrected chi connectivity index (χ3v) is 5.77. The van der Waals surface area contributed by atoms with Gasteiger partial charge in [-0.05, 0) is 36.8 Å². The molecule has 3 unspecified atom stereocenters. The molecule has 3 amide bonds. The van der Waals surface area contributed by atoms with Crippen LogP contribution in [0.15, 0.2) is 30.3 Å². The van der Waals surface area contributed by atoms with Gasteiger partial charge in [-0.1, -0.05) is 30.3 Å². The van der Waals surface area contributed by atoms with E-state index >= 15 is 0 Å². The Morgan fingerprint density at radius 2 is 1.97 bits per heavy atom. The van der Waals surface area contributed by atoms with E-state index in [9.17, 15) is 24.3 Å². The molecule has 0 aliphatic carbocycles. The molecule has 5 N–H and O–H groups in total. The molecule has 1 aliphatic heterocycles. The van der Waals surface area contributed by atoms with E-state index in [0.717, 1.165) is 11.3 Å².